The molecule has 9 heteroatoms. The van der Waals surface area contributed by atoms with Gasteiger partial charge >= 0.3 is 0 Å². The van der Waals surface area contributed by atoms with E-state index in [9.17, 15) is 14.4 Å². The zero-order valence-corrected chi connectivity index (χ0v) is 15.4. The van der Waals surface area contributed by atoms with Gasteiger partial charge in [0.2, 0.25) is 5.91 Å². The normalized spacial score (nSPS) is 21.2. The highest BCUT2D eigenvalue weighted by Gasteiger charge is 2.47. The first kappa shape index (κ1) is 17.6. The van der Waals surface area contributed by atoms with E-state index < -0.39 is 4.87 Å². The van der Waals surface area contributed by atoms with E-state index >= 15 is 0 Å². The van der Waals surface area contributed by atoms with Crippen LogP contribution >= 0.6 is 34.7 Å². The Labute approximate surface area is 152 Å². The Morgan fingerprint density at radius 2 is 2.17 bits per heavy atom. The lowest BCUT2D eigenvalue weighted by atomic mass is 10.2. The number of nitrogens with one attached hydrogen (secondary N) is 1. The number of aromatic nitrogens is 1. The summed E-state index contributed by atoms with van der Waals surface area (Å²) < 4.78 is 0. The number of halogens is 1. The number of amides is 1. The molecular weight excluding hydrogens is 370 g/mol. The minimum Gasteiger partial charge on any atom is -0.350 e. The first-order chi connectivity index (χ1) is 11.4. The second-order valence-electron chi connectivity index (χ2n) is 5.82. The van der Waals surface area contributed by atoms with Crippen molar-refractivity contribution in [3.05, 3.63) is 16.1 Å². The molecule has 1 atom stereocenters. The van der Waals surface area contributed by atoms with Crippen LogP contribution in [0.5, 0.6) is 0 Å². The van der Waals surface area contributed by atoms with E-state index in [1.54, 1.807) is 17.1 Å². The third kappa shape index (κ3) is 4.04. The van der Waals surface area contributed by atoms with Crippen molar-refractivity contribution in [1.29, 1.82) is 0 Å². The van der Waals surface area contributed by atoms with Crippen molar-refractivity contribution < 1.29 is 14.4 Å². The number of carbonyl (C=O) groups excluding carboxylic acids is 3. The molecule has 0 aromatic carbocycles. The second-order valence-corrected chi connectivity index (χ2v) is 8.53. The first-order valence-corrected chi connectivity index (χ1v) is 9.76. The fourth-order valence-corrected chi connectivity index (χ4v) is 4.30. The summed E-state index contributed by atoms with van der Waals surface area (Å²) in [6.07, 6.45) is 1.13. The predicted octanol–water partition coefficient (Wildman–Crippen LogP) is 2.38. The van der Waals surface area contributed by atoms with Crippen LogP contribution in [0.25, 0.3) is 0 Å². The molecular formula is C15H16ClN3O3S2. The molecule has 3 rings (SSSR count). The molecule has 1 fully saturated rings. The second kappa shape index (κ2) is 6.93. The summed E-state index contributed by atoms with van der Waals surface area (Å²) >= 11 is 8.96. The van der Waals surface area contributed by atoms with Crippen molar-refractivity contribution >= 4 is 57.2 Å². The van der Waals surface area contributed by atoms with Gasteiger partial charge in [0, 0.05) is 18.1 Å². The van der Waals surface area contributed by atoms with Crippen LogP contribution in [0.2, 0.25) is 0 Å². The SMILES string of the molecule is CC(=O)c1csc([C@@H]2CSC(CNC(=O)CC(=O)C3(Cl)CC3)=N2)n1. The number of carbonyl (C=O) groups is 3. The van der Waals surface area contributed by atoms with Gasteiger partial charge in [0.15, 0.2) is 11.6 Å². The van der Waals surface area contributed by atoms with Crippen molar-refractivity contribution in [2.75, 3.05) is 12.3 Å². The topological polar surface area (TPSA) is 88.5 Å². The lowest BCUT2D eigenvalue weighted by molar-refractivity contribution is -0.128. The molecule has 0 bridgehead atoms. The molecule has 24 heavy (non-hydrogen) atoms. The highest BCUT2D eigenvalue weighted by Crippen LogP contribution is 2.44. The number of hydrogen-bond acceptors (Lipinski definition) is 7. The fourth-order valence-electron chi connectivity index (χ4n) is 2.18. The highest BCUT2D eigenvalue weighted by molar-refractivity contribution is 8.14. The monoisotopic (exact) mass is 385 g/mol. The van der Waals surface area contributed by atoms with E-state index in [4.69, 9.17) is 11.6 Å². The Hall–Kier alpha value is -1.25. The van der Waals surface area contributed by atoms with E-state index in [2.05, 4.69) is 15.3 Å². The van der Waals surface area contributed by atoms with Crippen molar-refractivity contribution in [3.8, 4) is 0 Å². The molecule has 1 amide bonds. The molecule has 0 spiro atoms. The number of ketones is 2. The molecule has 6 nitrogen and oxygen atoms in total. The maximum atomic E-state index is 11.8. The molecule has 1 aliphatic carbocycles. The molecule has 1 aromatic heterocycles. The van der Waals surface area contributed by atoms with Crippen LogP contribution in [-0.4, -0.2) is 44.7 Å². The van der Waals surface area contributed by atoms with E-state index in [1.165, 1.54) is 18.3 Å². The standard InChI is InChI=1S/C15H16ClN3O3S2/c1-8(20)9-6-24-14(19-9)10-7-23-13(18-10)5-17-12(22)4-11(21)15(16)2-3-15/h6,10H,2-5,7H2,1H3,(H,17,22)/t10-/m0/s1. The van der Waals surface area contributed by atoms with Crippen LogP contribution in [0.1, 0.15) is 47.7 Å². The molecule has 0 unspecified atom stereocenters. The maximum Gasteiger partial charge on any atom is 0.227 e. The minimum absolute atomic E-state index is 0.0583. The summed E-state index contributed by atoms with van der Waals surface area (Å²) in [7, 11) is 0. The van der Waals surface area contributed by atoms with Crippen molar-refractivity contribution in [2.24, 2.45) is 4.99 Å². The average molecular weight is 386 g/mol. The molecule has 128 valence electrons. The summed E-state index contributed by atoms with van der Waals surface area (Å²) in [6, 6.07) is -0.0841. The molecule has 0 radical (unpaired) electrons. The van der Waals surface area contributed by atoms with Crippen LogP contribution in [0.15, 0.2) is 10.4 Å². The summed E-state index contributed by atoms with van der Waals surface area (Å²) in [4.78, 5) is 42.9. The van der Waals surface area contributed by atoms with Gasteiger partial charge in [-0.15, -0.1) is 34.7 Å². The van der Waals surface area contributed by atoms with Crippen LogP contribution in [-0.2, 0) is 9.59 Å². The van der Waals surface area contributed by atoms with Crippen LogP contribution in [0.3, 0.4) is 0 Å². The zero-order valence-electron chi connectivity index (χ0n) is 13.0. The third-order valence-electron chi connectivity index (χ3n) is 3.82. The zero-order chi connectivity index (χ0) is 17.3. The summed E-state index contributed by atoms with van der Waals surface area (Å²) in [5.41, 5.74) is 0.463. The quantitative estimate of drug-likeness (QED) is 0.442. The number of thiazole rings is 1. The number of thioether (sulfide) groups is 1. The molecule has 2 aliphatic rings. The number of rotatable bonds is 7. The van der Waals surface area contributed by atoms with Gasteiger partial charge in [-0.3, -0.25) is 19.4 Å². The lowest BCUT2D eigenvalue weighted by Gasteiger charge is -2.06. The van der Waals surface area contributed by atoms with Crippen molar-refractivity contribution in [2.45, 2.75) is 37.1 Å². The van der Waals surface area contributed by atoms with Gasteiger partial charge < -0.3 is 5.32 Å². The Morgan fingerprint density at radius 3 is 2.79 bits per heavy atom. The third-order valence-corrected chi connectivity index (χ3v) is 6.42. The Bertz CT molecular complexity index is 727. The van der Waals surface area contributed by atoms with Crippen LogP contribution < -0.4 is 5.32 Å². The first-order valence-electron chi connectivity index (χ1n) is 7.52. The van der Waals surface area contributed by atoms with Gasteiger partial charge in [0.1, 0.15) is 21.6 Å². The van der Waals surface area contributed by atoms with Gasteiger partial charge in [0.25, 0.3) is 0 Å². The summed E-state index contributed by atoms with van der Waals surface area (Å²) in [5.74, 6) is 0.142. The summed E-state index contributed by atoms with van der Waals surface area (Å²) in [6.45, 7) is 1.79. The van der Waals surface area contributed by atoms with Crippen molar-refractivity contribution in [1.82, 2.24) is 10.3 Å². The van der Waals surface area contributed by atoms with Crippen LogP contribution in [0.4, 0.5) is 0 Å². The van der Waals surface area contributed by atoms with E-state index in [0.29, 0.717) is 25.1 Å². The summed E-state index contributed by atoms with van der Waals surface area (Å²) in [5, 5.41) is 6.05. The number of alkyl halides is 1. The minimum atomic E-state index is -0.790. The molecule has 2 heterocycles. The van der Waals surface area contributed by atoms with E-state index in [1.807, 2.05) is 0 Å². The number of aliphatic imine (C=N–C) groups is 1. The smallest absolute Gasteiger partial charge is 0.227 e. The van der Waals surface area contributed by atoms with Gasteiger partial charge in [-0.25, -0.2) is 4.98 Å². The average Bonchev–Trinajstić information content (AvgIpc) is 2.96. The lowest BCUT2D eigenvalue weighted by Crippen LogP contribution is -2.32. The van der Waals surface area contributed by atoms with E-state index in [0.717, 1.165) is 15.8 Å². The molecule has 1 saturated carbocycles. The fraction of sp³-hybridized carbons (Fsp3) is 0.533. The molecule has 1 aromatic rings. The molecule has 1 N–H and O–H groups in total. The van der Waals surface area contributed by atoms with Gasteiger partial charge in [0.05, 0.1) is 18.0 Å². The largest absolute Gasteiger partial charge is 0.350 e. The van der Waals surface area contributed by atoms with E-state index in [-0.39, 0.29) is 29.9 Å². The highest BCUT2D eigenvalue weighted by atomic mass is 35.5. The number of nitrogens with zero attached hydrogens (tertiary/aromatic N) is 2. The van der Waals surface area contributed by atoms with Crippen molar-refractivity contribution in [3.63, 3.8) is 0 Å². The van der Waals surface area contributed by atoms with Gasteiger partial charge in [-0.05, 0) is 12.8 Å². The Morgan fingerprint density at radius 1 is 1.42 bits per heavy atom. The van der Waals surface area contributed by atoms with Crippen LogP contribution in [0, 0.1) is 0 Å². The van der Waals surface area contributed by atoms with Gasteiger partial charge in [-0.1, -0.05) is 0 Å². The number of hydrogen-bond donors (Lipinski definition) is 1. The Balaban J connectivity index is 1.50. The molecule has 0 saturated heterocycles. The molecule has 1 aliphatic heterocycles. The maximum absolute atomic E-state index is 11.8. The Kier molecular flexibility index (Phi) is 5.08. The predicted molar refractivity (Wildman–Crippen MR) is 95.2 cm³/mol. The van der Waals surface area contributed by atoms with Gasteiger partial charge in [-0.2, -0.15) is 0 Å². The number of Topliss-reactive ketones (excluding diaryl/α,β-unsaturated/α-hetero) is 2.